The molecule has 1 N–H and O–H groups in total. The molecule has 0 spiro atoms. The van der Waals surface area contributed by atoms with Crippen LogP contribution in [0, 0.1) is 5.92 Å². The third-order valence-corrected chi connectivity index (χ3v) is 4.25. The molecule has 1 aliphatic rings. The average molecular weight is 299 g/mol. The van der Waals surface area contributed by atoms with E-state index in [9.17, 15) is 9.59 Å². The Hall–Kier alpha value is -1.14. The van der Waals surface area contributed by atoms with Crippen LogP contribution in [0.1, 0.15) is 26.7 Å². The summed E-state index contributed by atoms with van der Waals surface area (Å²) in [4.78, 5) is 27.8. The molecule has 0 bridgehead atoms. The van der Waals surface area contributed by atoms with E-state index in [4.69, 9.17) is 4.74 Å². The Labute approximate surface area is 127 Å². The number of nitrogens with zero attached hydrogens (tertiary/aromatic N) is 2. The number of nitrogens with one attached hydrogen (secondary N) is 1. The Morgan fingerprint density at radius 1 is 1.33 bits per heavy atom. The zero-order chi connectivity index (χ0) is 15.8. The van der Waals surface area contributed by atoms with Crippen molar-refractivity contribution in [3.8, 4) is 0 Å². The quantitative estimate of drug-likeness (QED) is 0.736. The number of amides is 2. The van der Waals surface area contributed by atoms with Crippen LogP contribution in [0.2, 0.25) is 0 Å². The zero-order valence-electron chi connectivity index (χ0n) is 13.7. The maximum Gasteiger partial charge on any atom is 0.236 e. The lowest BCUT2D eigenvalue weighted by Crippen LogP contribution is -2.49. The SMILES string of the molecule is CCN(CC)C(=O)CN1CC[C@@H](OC)[C@H](CC(=O)NC)C1. The first-order valence-corrected chi connectivity index (χ1v) is 7.79. The Morgan fingerprint density at radius 3 is 2.52 bits per heavy atom. The average Bonchev–Trinajstić information content (AvgIpc) is 2.48. The van der Waals surface area contributed by atoms with Crippen molar-refractivity contribution in [1.29, 1.82) is 0 Å². The fourth-order valence-corrected chi connectivity index (χ4v) is 2.94. The number of methoxy groups -OCH3 is 1. The molecule has 0 aliphatic carbocycles. The molecule has 0 aromatic heterocycles. The molecule has 0 aromatic rings. The fraction of sp³-hybridized carbons (Fsp3) is 0.867. The molecule has 6 nitrogen and oxygen atoms in total. The number of carbonyl (C=O) groups excluding carboxylic acids is 2. The number of likely N-dealkylation sites (N-methyl/N-ethyl adjacent to an activating group) is 1. The predicted molar refractivity (Wildman–Crippen MR) is 82.0 cm³/mol. The number of ether oxygens (including phenoxy) is 1. The van der Waals surface area contributed by atoms with Crippen LogP contribution >= 0.6 is 0 Å². The van der Waals surface area contributed by atoms with Crippen LogP contribution in [0.3, 0.4) is 0 Å². The van der Waals surface area contributed by atoms with E-state index >= 15 is 0 Å². The summed E-state index contributed by atoms with van der Waals surface area (Å²) in [5.74, 6) is 0.335. The van der Waals surface area contributed by atoms with Crippen molar-refractivity contribution in [3.63, 3.8) is 0 Å². The second-order valence-electron chi connectivity index (χ2n) is 5.50. The van der Waals surface area contributed by atoms with Gasteiger partial charge in [0.25, 0.3) is 0 Å². The first-order chi connectivity index (χ1) is 10.0. The van der Waals surface area contributed by atoms with E-state index in [1.54, 1.807) is 14.2 Å². The molecule has 1 fully saturated rings. The van der Waals surface area contributed by atoms with Gasteiger partial charge >= 0.3 is 0 Å². The number of rotatable bonds is 7. The van der Waals surface area contributed by atoms with Gasteiger partial charge in [0.1, 0.15) is 0 Å². The second kappa shape index (κ2) is 9.00. The normalized spacial score (nSPS) is 22.9. The summed E-state index contributed by atoms with van der Waals surface area (Å²) in [6, 6.07) is 0. The molecular weight excluding hydrogens is 270 g/mol. The molecule has 0 unspecified atom stereocenters. The van der Waals surface area contributed by atoms with Crippen LogP contribution < -0.4 is 5.32 Å². The van der Waals surface area contributed by atoms with Gasteiger partial charge in [-0.2, -0.15) is 0 Å². The van der Waals surface area contributed by atoms with Gasteiger partial charge in [-0.3, -0.25) is 14.5 Å². The predicted octanol–water partition coefficient (Wildman–Crippen LogP) is 0.328. The molecule has 0 saturated carbocycles. The zero-order valence-corrected chi connectivity index (χ0v) is 13.7. The molecule has 1 heterocycles. The van der Waals surface area contributed by atoms with E-state index in [2.05, 4.69) is 10.2 Å². The van der Waals surface area contributed by atoms with Crippen molar-refractivity contribution >= 4 is 11.8 Å². The number of piperidine rings is 1. The van der Waals surface area contributed by atoms with Crippen molar-refractivity contribution in [2.24, 2.45) is 5.92 Å². The molecule has 2 amide bonds. The molecule has 122 valence electrons. The Balaban J connectivity index is 2.58. The van der Waals surface area contributed by atoms with Gasteiger partial charge in [-0.25, -0.2) is 0 Å². The van der Waals surface area contributed by atoms with E-state index < -0.39 is 0 Å². The summed E-state index contributed by atoms with van der Waals surface area (Å²) < 4.78 is 5.49. The smallest absolute Gasteiger partial charge is 0.236 e. The molecule has 6 heteroatoms. The minimum absolute atomic E-state index is 0.0268. The van der Waals surface area contributed by atoms with Crippen LogP contribution in [0.4, 0.5) is 0 Å². The summed E-state index contributed by atoms with van der Waals surface area (Å²) in [5, 5.41) is 2.66. The van der Waals surface area contributed by atoms with Gasteiger partial charge in [0.05, 0.1) is 12.6 Å². The van der Waals surface area contributed by atoms with Crippen LogP contribution in [0.5, 0.6) is 0 Å². The van der Waals surface area contributed by atoms with Crippen LogP contribution in [0.25, 0.3) is 0 Å². The number of hydrogen-bond donors (Lipinski definition) is 1. The third kappa shape index (κ3) is 5.28. The van der Waals surface area contributed by atoms with Crippen molar-refractivity contribution in [2.75, 3.05) is 46.9 Å². The summed E-state index contributed by atoms with van der Waals surface area (Å²) >= 11 is 0. The highest BCUT2D eigenvalue weighted by atomic mass is 16.5. The van der Waals surface area contributed by atoms with Crippen molar-refractivity contribution in [3.05, 3.63) is 0 Å². The summed E-state index contributed by atoms with van der Waals surface area (Å²) in [6.45, 7) is 7.48. The number of likely N-dealkylation sites (tertiary alicyclic amines) is 1. The van der Waals surface area contributed by atoms with Crippen LogP contribution in [0.15, 0.2) is 0 Å². The van der Waals surface area contributed by atoms with Crippen LogP contribution in [-0.4, -0.2) is 74.6 Å². The molecule has 2 atom stereocenters. The largest absolute Gasteiger partial charge is 0.381 e. The number of hydrogen-bond acceptors (Lipinski definition) is 4. The minimum Gasteiger partial charge on any atom is -0.381 e. The van der Waals surface area contributed by atoms with Crippen molar-refractivity contribution in [2.45, 2.75) is 32.8 Å². The lowest BCUT2D eigenvalue weighted by molar-refractivity contribution is -0.133. The molecular formula is C15H29N3O3. The third-order valence-electron chi connectivity index (χ3n) is 4.25. The second-order valence-corrected chi connectivity index (χ2v) is 5.50. The van der Waals surface area contributed by atoms with Gasteiger partial charge in [-0.05, 0) is 20.3 Å². The Morgan fingerprint density at radius 2 is 2.00 bits per heavy atom. The van der Waals surface area contributed by atoms with Gasteiger partial charge in [-0.1, -0.05) is 0 Å². The van der Waals surface area contributed by atoms with Crippen molar-refractivity contribution < 1.29 is 14.3 Å². The lowest BCUT2D eigenvalue weighted by Gasteiger charge is -2.37. The Bertz CT molecular complexity index is 345. The van der Waals surface area contributed by atoms with E-state index in [1.165, 1.54) is 0 Å². The van der Waals surface area contributed by atoms with E-state index in [0.717, 1.165) is 32.6 Å². The summed E-state index contributed by atoms with van der Waals surface area (Å²) in [6.07, 6.45) is 1.41. The molecule has 1 rings (SSSR count). The Kier molecular flexibility index (Phi) is 7.67. The minimum atomic E-state index is 0.0268. The van der Waals surface area contributed by atoms with Gasteiger partial charge < -0.3 is 15.0 Å². The van der Waals surface area contributed by atoms with E-state index in [1.807, 2.05) is 18.7 Å². The van der Waals surface area contributed by atoms with E-state index in [0.29, 0.717) is 13.0 Å². The highest BCUT2D eigenvalue weighted by Crippen LogP contribution is 2.22. The van der Waals surface area contributed by atoms with Gasteiger partial charge in [0.15, 0.2) is 0 Å². The van der Waals surface area contributed by atoms with E-state index in [-0.39, 0.29) is 23.8 Å². The standard InChI is InChI=1S/C15H29N3O3/c1-5-18(6-2)15(20)11-17-8-7-13(21-4)12(10-17)9-14(19)16-3/h12-13H,5-11H2,1-4H3,(H,16,19)/t12-,13-/m1/s1. The monoisotopic (exact) mass is 299 g/mol. The van der Waals surface area contributed by atoms with Crippen molar-refractivity contribution in [1.82, 2.24) is 15.1 Å². The highest BCUT2D eigenvalue weighted by Gasteiger charge is 2.31. The topological polar surface area (TPSA) is 61.9 Å². The lowest BCUT2D eigenvalue weighted by atomic mass is 9.91. The first kappa shape index (κ1) is 17.9. The number of carbonyl (C=O) groups is 2. The van der Waals surface area contributed by atoms with Crippen LogP contribution in [-0.2, 0) is 14.3 Å². The molecule has 0 aromatic carbocycles. The van der Waals surface area contributed by atoms with Gasteiger partial charge in [0.2, 0.25) is 11.8 Å². The molecule has 0 radical (unpaired) electrons. The molecule has 1 aliphatic heterocycles. The molecule has 21 heavy (non-hydrogen) atoms. The van der Waals surface area contributed by atoms with Gasteiger partial charge in [-0.15, -0.1) is 0 Å². The summed E-state index contributed by atoms with van der Waals surface area (Å²) in [5.41, 5.74) is 0. The fourth-order valence-electron chi connectivity index (χ4n) is 2.94. The maximum atomic E-state index is 12.2. The summed E-state index contributed by atoms with van der Waals surface area (Å²) in [7, 11) is 3.34. The maximum absolute atomic E-state index is 12.2. The van der Waals surface area contributed by atoms with Gasteiger partial charge in [0, 0.05) is 52.7 Å². The highest BCUT2D eigenvalue weighted by molar-refractivity contribution is 5.78. The molecule has 1 saturated heterocycles. The first-order valence-electron chi connectivity index (χ1n) is 7.79.